The van der Waals surface area contributed by atoms with Crippen molar-refractivity contribution in [3.05, 3.63) is 120 Å². The van der Waals surface area contributed by atoms with Gasteiger partial charge < -0.3 is 19.3 Å². The number of unbranched alkanes of at least 4 members (excludes halogenated alkanes) is 1. The maximum absolute atomic E-state index is 4.88. The molecule has 1 aromatic rings. The van der Waals surface area contributed by atoms with Crippen LogP contribution in [-0.4, -0.2) is 36.9 Å². The minimum atomic E-state index is 0.0406. The molecule has 4 aliphatic heterocycles. The van der Waals surface area contributed by atoms with Gasteiger partial charge in [0.05, 0.1) is 0 Å². The Labute approximate surface area is 361 Å². The maximum Gasteiger partial charge on any atom is 0.0452 e. The lowest BCUT2D eigenvalue weighted by atomic mass is 9.62. The molecule has 9 unspecified atom stereocenters. The summed E-state index contributed by atoms with van der Waals surface area (Å²) in [7, 11) is 0. The first-order chi connectivity index (χ1) is 27.9. The highest BCUT2D eigenvalue weighted by atomic mass is 15.3. The summed E-state index contributed by atoms with van der Waals surface area (Å²) < 4.78 is 2.27. The van der Waals surface area contributed by atoms with E-state index in [1.807, 2.05) is 0 Å². The van der Waals surface area contributed by atoms with Crippen molar-refractivity contribution in [2.75, 3.05) is 6.54 Å². The average Bonchev–Trinajstić information content (AvgIpc) is 4.02. The van der Waals surface area contributed by atoms with Gasteiger partial charge in [-0.1, -0.05) is 117 Å². The number of hydrogen-bond donors (Lipinski definition) is 0. The summed E-state index contributed by atoms with van der Waals surface area (Å²) >= 11 is 0. The molecular weight excluding hydrogens is 717 g/mol. The van der Waals surface area contributed by atoms with Crippen LogP contribution >= 0.6 is 0 Å². The molecule has 9 atom stereocenters. The molecular formula is C55H82N4. The quantitative estimate of drug-likeness (QED) is 0.102. The molecule has 6 rings (SSSR count). The molecule has 1 aromatic heterocycles. The van der Waals surface area contributed by atoms with Gasteiger partial charge in [0.1, 0.15) is 0 Å². The van der Waals surface area contributed by atoms with Crippen LogP contribution < -0.4 is 10.7 Å². The van der Waals surface area contributed by atoms with Gasteiger partial charge in [0.2, 0.25) is 0 Å². The minimum Gasteiger partial charge on any atom is -0.349 e. The largest absolute Gasteiger partial charge is 0.349 e. The van der Waals surface area contributed by atoms with Crippen molar-refractivity contribution in [3.8, 4) is 0 Å². The third-order valence-corrected chi connectivity index (χ3v) is 16.6. The third-order valence-electron chi connectivity index (χ3n) is 16.6. The Morgan fingerprint density at radius 1 is 0.797 bits per heavy atom. The van der Waals surface area contributed by atoms with Crippen molar-refractivity contribution in [2.45, 2.75) is 163 Å². The number of aromatic nitrogens is 1. The molecule has 322 valence electrons. The summed E-state index contributed by atoms with van der Waals surface area (Å²) in [5.74, 6) is 2.19. The molecule has 0 radical (unpaired) electrons. The van der Waals surface area contributed by atoms with Gasteiger partial charge in [0, 0.05) is 92.7 Å². The zero-order valence-electron chi connectivity index (χ0n) is 39.0. The van der Waals surface area contributed by atoms with Crippen molar-refractivity contribution in [1.82, 2.24) is 19.3 Å². The van der Waals surface area contributed by atoms with Crippen LogP contribution in [0.25, 0.3) is 13.2 Å². The van der Waals surface area contributed by atoms with Gasteiger partial charge in [0.15, 0.2) is 0 Å². The van der Waals surface area contributed by atoms with Crippen LogP contribution in [0.15, 0.2) is 110 Å². The highest BCUT2D eigenvalue weighted by Gasteiger charge is 2.56. The Bertz CT molecular complexity index is 1940. The average molecular weight is 799 g/mol. The molecule has 0 amide bonds. The Kier molecular flexibility index (Phi) is 13.2. The lowest BCUT2D eigenvalue weighted by molar-refractivity contribution is 0.151. The molecule has 3 saturated heterocycles. The van der Waals surface area contributed by atoms with Gasteiger partial charge in [-0.3, -0.25) is 0 Å². The van der Waals surface area contributed by atoms with Crippen LogP contribution in [0, 0.1) is 40.4 Å². The number of fused-ring (bicyclic) bond motifs is 1. The van der Waals surface area contributed by atoms with Crippen LogP contribution in [-0.2, 0) is 6.54 Å². The minimum absolute atomic E-state index is 0.0406. The van der Waals surface area contributed by atoms with Crippen molar-refractivity contribution in [2.24, 2.45) is 40.4 Å². The van der Waals surface area contributed by atoms with Crippen LogP contribution in [0.4, 0.5) is 0 Å². The van der Waals surface area contributed by atoms with Gasteiger partial charge in [0.25, 0.3) is 0 Å². The SMILES string of the molecule is C=C1C(C)C(C(/C=C\C)(CC)CCCC2(C3C4=CCC(C)(CCCn5c(=C)ccc5=C)N4C(=C)C3C)C=CC(C)C2)C(=C)N1CCCCC(C)(CC)N1C(=C)CCC1=C. The predicted molar refractivity (Wildman–Crippen MR) is 255 cm³/mol. The highest BCUT2D eigenvalue weighted by molar-refractivity contribution is 5.38. The van der Waals surface area contributed by atoms with E-state index in [0.29, 0.717) is 29.6 Å². The molecule has 1 aliphatic carbocycles. The smallest absolute Gasteiger partial charge is 0.0452 e. The number of rotatable bonds is 19. The molecule has 0 saturated carbocycles. The van der Waals surface area contributed by atoms with E-state index in [9.17, 15) is 0 Å². The van der Waals surface area contributed by atoms with Crippen LogP contribution in [0.3, 0.4) is 0 Å². The molecule has 4 heteroatoms. The Hall–Kier alpha value is -3.66. The van der Waals surface area contributed by atoms with Gasteiger partial charge in [-0.25, -0.2) is 0 Å². The van der Waals surface area contributed by atoms with Gasteiger partial charge in [-0.05, 0) is 133 Å². The molecule has 5 aliphatic rings. The summed E-state index contributed by atoms with van der Waals surface area (Å²) in [4.78, 5) is 7.68. The van der Waals surface area contributed by atoms with Crippen molar-refractivity contribution < 1.29 is 0 Å². The van der Waals surface area contributed by atoms with E-state index < -0.39 is 0 Å². The van der Waals surface area contributed by atoms with Gasteiger partial charge in [-0.15, -0.1) is 0 Å². The first-order valence-electron chi connectivity index (χ1n) is 23.6. The first-order valence-corrected chi connectivity index (χ1v) is 23.6. The van der Waals surface area contributed by atoms with Crippen molar-refractivity contribution >= 4 is 13.2 Å². The van der Waals surface area contributed by atoms with Gasteiger partial charge >= 0.3 is 0 Å². The summed E-state index contributed by atoms with van der Waals surface area (Å²) in [5, 5.41) is 2.12. The first kappa shape index (κ1) is 44.9. The summed E-state index contributed by atoms with van der Waals surface area (Å²) in [5.41, 5.74) is 8.21. The normalized spacial score (nSPS) is 31.7. The van der Waals surface area contributed by atoms with E-state index >= 15 is 0 Å². The zero-order chi connectivity index (χ0) is 43.1. The number of nitrogens with zero attached hydrogens (tertiary/aromatic N) is 4. The van der Waals surface area contributed by atoms with E-state index in [2.05, 4.69) is 143 Å². The molecule has 5 heterocycles. The topological polar surface area (TPSA) is 14.7 Å². The maximum atomic E-state index is 4.88. The molecule has 4 nitrogen and oxygen atoms in total. The fourth-order valence-electron chi connectivity index (χ4n) is 13.2. The van der Waals surface area contributed by atoms with Crippen molar-refractivity contribution in [3.63, 3.8) is 0 Å². The number of likely N-dealkylation sites (tertiary alicyclic amines) is 2. The van der Waals surface area contributed by atoms with E-state index in [1.165, 1.54) is 54.2 Å². The zero-order valence-corrected chi connectivity index (χ0v) is 39.0. The molecule has 0 bridgehead atoms. The van der Waals surface area contributed by atoms with Crippen LogP contribution in [0.5, 0.6) is 0 Å². The molecule has 59 heavy (non-hydrogen) atoms. The predicted octanol–water partition coefficient (Wildman–Crippen LogP) is 13.0. The Morgan fingerprint density at radius 2 is 1.47 bits per heavy atom. The molecule has 3 fully saturated rings. The Morgan fingerprint density at radius 3 is 2.07 bits per heavy atom. The molecule has 0 aromatic carbocycles. The highest BCUT2D eigenvalue weighted by Crippen LogP contribution is 2.62. The van der Waals surface area contributed by atoms with Gasteiger partial charge in [-0.2, -0.15) is 0 Å². The summed E-state index contributed by atoms with van der Waals surface area (Å²) in [6, 6.07) is 4.16. The third kappa shape index (κ3) is 8.01. The van der Waals surface area contributed by atoms with Crippen molar-refractivity contribution in [1.29, 1.82) is 0 Å². The summed E-state index contributed by atoms with van der Waals surface area (Å²) in [6.07, 6.45) is 28.5. The molecule has 0 N–H and O–H groups in total. The number of hydrogen-bond acceptors (Lipinski definition) is 3. The fourth-order valence-corrected chi connectivity index (χ4v) is 13.2. The Balaban J connectivity index is 1.14. The lowest BCUT2D eigenvalue weighted by Crippen LogP contribution is -2.41. The van der Waals surface area contributed by atoms with Crippen LogP contribution in [0.1, 0.15) is 145 Å². The van der Waals surface area contributed by atoms with E-state index in [1.54, 1.807) is 5.70 Å². The second-order valence-corrected chi connectivity index (χ2v) is 20.4. The number of allylic oxidation sites excluding steroid dienone is 10. The second kappa shape index (κ2) is 17.4. The fraction of sp³-hybridized carbons (Fsp3) is 0.600. The lowest BCUT2D eigenvalue weighted by Gasteiger charge is -2.42. The van der Waals surface area contributed by atoms with E-state index in [0.717, 1.165) is 88.0 Å². The van der Waals surface area contributed by atoms with E-state index in [-0.39, 0.29) is 21.9 Å². The standard InChI is InChI=1S/C55H82N4/c1-16-29-54(18-3,50-44(9)46(11)57(48(50)13)36-20-19-30-52(14,17-2)58-42(7)25-26-43(58)8)32-21-33-55(35-27-39(4)38-55)51-45(10)47(12)59-49(51)28-34-53(59,15)31-22-37-56-40(5)23-24-41(56)6/h16,23-24,27-29,35,39,44-45,50-51H,5-8,11-13,17-22,25-26,30-34,36-38H2,1-4,9-10,14-15H3/b29-16-. The summed E-state index contributed by atoms with van der Waals surface area (Å²) in [6.45, 7) is 52.9. The second-order valence-electron chi connectivity index (χ2n) is 20.4. The van der Waals surface area contributed by atoms with E-state index in [4.69, 9.17) is 19.7 Å². The van der Waals surface area contributed by atoms with Crippen LogP contribution in [0.2, 0.25) is 0 Å². The monoisotopic (exact) mass is 799 g/mol. The molecule has 0 spiro atoms.